The molecule has 30 heavy (non-hydrogen) atoms. The Bertz CT molecular complexity index is 962. The fourth-order valence-electron chi connectivity index (χ4n) is 4.07. The van der Waals surface area contributed by atoms with E-state index in [1.54, 1.807) is 19.2 Å². The number of rotatable bonds is 7. The molecule has 8 heteroatoms. The number of hydrogen-bond acceptors (Lipinski definition) is 7. The van der Waals surface area contributed by atoms with Gasteiger partial charge in [-0.25, -0.2) is 0 Å². The van der Waals surface area contributed by atoms with Gasteiger partial charge in [0.25, 0.3) is 0 Å². The summed E-state index contributed by atoms with van der Waals surface area (Å²) in [5.41, 5.74) is 0.932. The van der Waals surface area contributed by atoms with Gasteiger partial charge in [-0.1, -0.05) is 35.5 Å². The van der Waals surface area contributed by atoms with Crippen LogP contribution >= 0.6 is 0 Å². The summed E-state index contributed by atoms with van der Waals surface area (Å²) in [6.45, 7) is 3.46. The van der Waals surface area contributed by atoms with E-state index in [0.29, 0.717) is 11.6 Å². The molecule has 2 atom stereocenters. The number of amides is 1. The Morgan fingerprint density at radius 2 is 2.13 bits per heavy atom. The first-order valence-electron chi connectivity index (χ1n) is 10.2. The number of benzene rings is 1. The van der Waals surface area contributed by atoms with Crippen molar-refractivity contribution in [1.29, 1.82) is 0 Å². The van der Waals surface area contributed by atoms with Crippen molar-refractivity contribution in [3.8, 4) is 0 Å². The molecule has 1 N–H and O–H groups in total. The maximum atomic E-state index is 13.2. The van der Waals surface area contributed by atoms with Crippen LogP contribution in [0.1, 0.15) is 30.2 Å². The lowest BCUT2D eigenvalue weighted by Crippen LogP contribution is -2.43. The molecule has 8 nitrogen and oxygen atoms in total. The number of carbonyl (C=O) groups excluding carboxylic acids is 1. The first kappa shape index (κ1) is 20.0. The van der Waals surface area contributed by atoms with E-state index in [0.717, 1.165) is 37.3 Å². The molecule has 0 aliphatic carbocycles. The molecule has 0 radical (unpaired) electrons. The average molecular weight is 406 g/mol. The van der Waals surface area contributed by atoms with Crippen LogP contribution in [0.5, 0.6) is 0 Å². The average Bonchev–Trinajstić information content (AvgIpc) is 3.38. The Hall–Kier alpha value is -3.26. The van der Waals surface area contributed by atoms with Crippen molar-refractivity contribution >= 4 is 17.5 Å². The van der Waals surface area contributed by atoms with E-state index < -0.39 is 6.04 Å². The first-order valence-corrected chi connectivity index (χ1v) is 10.2. The monoisotopic (exact) mass is 406 g/mol. The fourth-order valence-corrected chi connectivity index (χ4v) is 4.07. The molecule has 156 valence electrons. The van der Waals surface area contributed by atoms with Crippen molar-refractivity contribution in [2.24, 2.45) is 0 Å². The molecule has 1 aliphatic heterocycles. The van der Waals surface area contributed by atoms with Crippen LogP contribution in [0.25, 0.3) is 0 Å². The molecule has 1 saturated heterocycles. The highest BCUT2D eigenvalue weighted by Crippen LogP contribution is 2.27. The molecule has 1 amide bonds. The van der Waals surface area contributed by atoms with E-state index in [1.165, 1.54) is 0 Å². The number of aromatic nitrogens is 3. The van der Waals surface area contributed by atoms with Crippen LogP contribution in [-0.4, -0.2) is 52.3 Å². The molecule has 4 rings (SSSR count). The molecular weight excluding hydrogens is 380 g/mol. The molecule has 0 bridgehead atoms. The SMILES string of the molecule is Cc1cc(NC(=O)C(c2ccccc2)N(C)CC2CCCN2c2cccnn2)no1. The van der Waals surface area contributed by atoms with Crippen molar-refractivity contribution in [1.82, 2.24) is 20.3 Å². The second-order valence-electron chi connectivity index (χ2n) is 7.64. The van der Waals surface area contributed by atoms with Crippen molar-refractivity contribution < 1.29 is 9.32 Å². The number of nitrogens with zero attached hydrogens (tertiary/aromatic N) is 5. The highest BCUT2D eigenvalue weighted by molar-refractivity contribution is 5.94. The Labute approximate surface area is 175 Å². The van der Waals surface area contributed by atoms with Crippen molar-refractivity contribution in [3.63, 3.8) is 0 Å². The molecule has 2 unspecified atom stereocenters. The number of nitrogens with one attached hydrogen (secondary N) is 1. The maximum Gasteiger partial charge on any atom is 0.247 e. The van der Waals surface area contributed by atoms with E-state index in [1.807, 2.05) is 49.5 Å². The summed E-state index contributed by atoms with van der Waals surface area (Å²) in [6.07, 6.45) is 3.82. The lowest BCUT2D eigenvalue weighted by molar-refractivity contribution is -0.121. The van der Waals surface area contributed by atoms with Crippen molar-refractivity contribution in [3.05, 3.63) is 66.1 Å². The predicted molar refractivity (Wildman–Crippen MR) is 114 cm³/mol. The van der Waals surface area contributed by atoms with Crippen LogP contribution in [0.2, 0.25) is 0 Å². The van der Waals surface area contributed by atoms with Crippen LogP contribution in [0.3, 0.4) is 0 Å². The fraction of sp³-hybridized carbons (Fsp3) is 0.364. The summed E-state index contributed by atoms with van der Waals surface area (Å²) < 4.78 is 5.08. The predicted octanol–water partition coefficient (Wildman–Crippen LogP) is 3.05. The summed E-state index contributed by atoms with van der Waals surface area (Å²) in [5.74, 6) is 1.82. The van der Waals surface area contributed by atoms with Crippen LogP contribution in [0, 0.1) is 6.92 Å². The third-order valence-electron chi connectivity index (χ3n) is 5.41. The summed E-state index contributed by atoms with van der Waals surface area (Å²) in [7, 11) is 1.98. The van der Waals surface area contributed by atoms with Gasteiger partial charge in [0.15, 0.2) is 11.6 Å². The molecule has 3 aromatic rings. The van der Waals surface area contributed by atoms with Crippen molar-refractivity contribution in [2.45, 2.75) is 31.8 Å². The normalized spacial score (nSPS) is 17.3. The van der Waals surface area contributed by atoms with Gasteiger partial charge in [-0.3, -0.25) is 9.69 Å². The minimum absolute atomic E-state index is 0.138. The van der Waals surface area contributed by atoms with E-state index in [9.17, 15) is 4.79 Å². The van der Waals surface area contributed by atoms with Crippen molar-refractivity contribution in [2.75, 3.05) is 30.4 Å². The number of aryl methyl sites for hydroxylation is 1. The number of carbonyl (C=O) groups is 1. The van der Waals surface area contributed by atoms with E-state index in [2.05, 4.69) is 30.5 Å². The second kappa shape index (κ2) is 9.04. The number of anilines is 2. The van der Waals surface area contributed by atoms with Gasteiger partial charge in [0.1, 0.15) is 11.8 Å². The Morgan fingerprint density at radius 3 is 2.83 bits per heavy atom. The lowest BCUT2D eigenvalue weighted by Gasteiger charge is -2.33. The minimum atomic E-state index is -0.451. The van der Waals surface area contributed by atoms with Crippen LogP contribution in [-0.2, 0) is 4.79 Å². The van der Waals surface area contributed by atoms with Gasteiger partial charge in [-0.05, 0) is 44.5 Å². The number of likely N-dealkylation sites (N-methyl/N-ethyl adjacent to an activating group) is 1. The zero-order chi connectivity index (χ0) is 20.9. The quantitative estimate of drug-likeness (QED) is 0.645. The number of hydrogen-bond donors (Lipinski definition) is 1. The zero-order valence-corrected chi connectivity index (χ0v) is 17.2. The van der Waals surface area contributed by atoms with Crippen LogP contribution in [0.15, 0.2) is 59.3 Å². The van der Waals surface area contributed by atoms with Gasteiger partial charge in [0, 0.05) is 31.4 Å². The molecule has 1 aromatic carbocycles. The molecular formula is C22H26N6O2. The summed E-state index contributed by atoms with van der Waals surface area (Å²) in [5, 5.41) is 15.1. The maximum absolute atomic E-state index is 13.2. The highest BCUT2D eigenvalue weighted by atomic mass is 16.5. The molecule has 0 saturated carbocycles. The highest BCUT2D eigenvalue weighted by Gasteiger charge is 2.32. The summed E-state index contributed by atoms with van der Waals surface area (Å²) >= 11 is 0. The Morgan fingerprint density at radius 1 is 1.30 bits per heavy atom. The van der Waals surface area contributed by atoms with Gasteiger partial charge >= 0.3 is 0 Å². The molecule has 2 aromatic heterocycles. The van der Waals surface area contributed by atoms with Gasteiger partial charge in [-0.2, -0.15) is 5.10 Å². The topological polar surface area (TPSA) is 87.4 Å². The first-order chi connectivity index (χ1) is 14.6. The Kier molecular flexibility index (Phi) is 6.04. The molecule has 3 heterocycles. The third kappa shape index (κ3) is 4.49. The largest absolute Gasteiger partial charge is 0.360 e. The molecule has 0 spiro atoms. The van der Waals surface area contributed by atoms with Gasteiger partial charge < -0.3 is 14.7 Å². The molecule has 1 aliphatic rings. The van der Waals surface area contributed by atoms with Crippen LogP contribution in [0.4, 0.5) is 11.6 Å². The van der Waals surface area contributed by atoms with E-state index >= 15 is 0 Å². The van der Waals surface area contributed by atoms with Gasteiger partial charge in [-0.15, -0.1) is 5.10 Å². The van der Waals surface area contributed by atoms with E-state index in [4.69, 9.17) is 4.52 Å². The van der Waals surface area contributed by atoms with Gasteiger partial charge in [0.2, 0.25) is 5.91 Å². The Balaban J connectivity index is 1.53. The molecule has 1 fully saturated rings. The summed E-state index contributed by atoms with van der Waals surface area (Å²) in [4.78, 5) is 17.6. The lowest BCUT2D eigenvalue weighted by atomic mass is 10.0. The minimum Gasteiger partial charge on any atom is -0.360 e. The smallest absolute Gasteiger partial charge is 0.247 e. The van der Waals surface area contributed by atoms with Gasteiger partial charge in [0.05, 0.1) is 0 Å². The third-order valence-corrected chi connectivity index (χ3v) is 5.41. The van der Waals surface area contributed by atoms with Crippen LogP contribution < -0.4 is 10.2 Å². The zero-order valence-electron chi connectivity index (χ0n) is 17.2. The second-order valence-corrected chi connectivity index (χ2v) is 7.64. The summed E-state index contributed by atoms with van der Waals surface area (Å²) in [6, 6.07) is 15.2. The standard InChI is InChI=1S/C22H26N6O2/c1-16-14-19(26-30-16)24-22(29)21(17-8-4-3-5-9-17)27(2)15-18-10-7-13-28(18)20-11-6-12-23-25-20/h3-6,8-9,11-12,14,18,21H,7,10,13,15H2,1-2H3,(H,24,26,29). The van der Waals surface area contributed by atoms with E-state index in [-0.39, 0.29) is 11.9 Å².